The average Bonchev–Trinajstić information content (AvgIpc) is 2.49. The zero-order valence-corrected chi connectivity index (χ0v) is 14.2. The highest BCUT2D eigenvalue weighted by Crippen LogP contribution is 2.58. The Morgan fingerprint density at radius 3 is 2.19 bits per heavy atom. The molecule has 0 saturated heterocycles. The van der Waals surface area contributed by atoms with Crippen molar-refractivity contribution in [1.29, 1.82) is 0 Å². The van der Waals surface area contributed by atoms with E-state index in [-0.39, 0.29) is 0 Å². The van der Waals surface area contributed by atoms with Gasteiger partial charge in [0.15, 0.2) is 11.5 Å². The van der Waals surface area contributed by atoms with Crippen LogP contribution in [0.2, 0.25) is 0 Å². The van der Waals surface area contributed by atoms with Crippen molar-refractivity contribution >= 4 is 0 Å². The lowest BCUT2D eigenvalue weighted by molar-refractivity contribution is 0.0241. The predicted molar refractivity (Wildman–Crippen MR) is 87.5 cm³/mol. The Bertz CT molecular complexity index is 494. The maximum Gasteiger partial charge on any atom is 0.161 e. The molecule has 0 aliphatic heterocycles. The lowest BCUT2D eigenvalue weighted by Gasteiger charge is -2.56. The van der Waals surface area contributed by atoms with Crippen LogP contribution in [0.4, 0.5) is 0 Å². The fourth-order valence-corrected chi connectivity index (χ4v) is 4.24. The van der Waals surface area contributed by atoms with Gasteiger partial charge in [0, 0.05) is 6.04 Å². The topological polar surface area (TPSA) is 30.5 Å². The van der Waals surface area contributed by atoms with Gasteiger partial charge in [0.05, 0.1) is 14.2 Å². The Morgan fingerprint density at radius 1 is 1.14 bits per heavy atom. The van der Waals surface area contributed by atoms with E-state index in [0.29, 0.717) is 17.4 Å². The molecule has 1 aromatic rings. The van der Waals surface area contributed by atoms with E-state index in [1.807, 2.05) is 0 Å². The SMILES string of the molecule is CCC1(CC)C(NC)CC1c1cc(OC)c(OC)cc1C. The number of nitrogens with one attached hydrogen (secondary N) is 1. The zero-order chi connectivity index (χ0) is 15.6. The summed E-state index contributed by atoms with van der Waals surface area (Å²) in [4.78, 5) is 0. The second-order valence-corrected chi connectivity index (χ2v) is 6.13. The highest BCUT2D eigenvalue weighted by molar-refractivity contribution is 5.49. The summed E-state index contributed by atoms with van der Waals surface area (Å²) >= 11 is 0. The summed E-state index contributed by atoms with van der Waals surface area (Å²) in [6.07, 6.45) is 3.61. The van der Waals surface area contributed by atoms with Crippen molar-refractivity contribution in [3.8, 4) is 11.5 Å². The van der Waals surface area contributed by atoms with E-state index < -0.39 is 0 Å². The molecule has 1 saturated carbocycles. The van der Waals surface area contributed by atoms with Crippen LogP contribution in [0.3, 0.4) is 0 Å². The Labute approximate surface area is 129 Å². The van der Waals surface area contributed by atoms with Crippen LogP contribution in [-0.2, 0) is 0 Å². The third kappa shape index (κ3) is 2.42. The molecule has 0 aromatic heterocycles. The van der Waals surface area contributed by atoms with Crippen molar-refractivity contribution in [3.05, 3.63) is 23.3 Å². The molecule has 3 nitrogen and oxygen atoms in total. The molecule has 2 unspecified atom stereocenters. The van der Waals surface area contributed by atoms with E-state index in [0.717, 1.165) is 11.5 Å². The quantitative estimate of drug-likeness (QED) is 0.862. The van der Waals surface area contributed by atoms with Gasteiger partial charge in [-0.1, -0.05) is 13.8 Å². The first-order valence-electron chi connectivity index (χ1n) is 7.97. The number of hydrogen-bond donors (Lipinski definition) is 1. The molecular weight excluding hydrogens is 262 g/mol. The maximum atomic E-state index is 5.50. The van der Waals surface area contributed by atoms with Gasteiger partial charge in [0.1, 0.15) is 0 Å². The molecular formula is C18H29NO2. The van der Waals surface area contributed by atoms with Crippen molar-refractivity contribution < 1.29 is 9.47 Å². The van der Waals surface area contributed by atoms with Gasteiger partial charge in [-0.3, -0.25) is 0 Å². The summed E-state index contributed by atoms with van der Waals surface area (Å²) in [7, 11) is 5.49. The minimum atomic E-state index is 0.360. The smallest absolute Gasteiger partial charge is 0.161 e. The van der Waals surface area contributed by atoms with Crippen LogP contribution in [0.15, 0.2) is 12.1 Å². The fourth-order valence-electron chi connectivity index (χ4n) is 4.24. The molecule has 1 fully saturated rings. The van der Waals surface area contributed by atoms with E-state index in [4.69, 9.17) is 9.47 Å². The molecule has 0 spiro atoms. The average molecular weight is 291 g/mol. The molecule has 0 amide bonds. The molecule has 1 aromatic carbocycles. The normalized spacial score (nSPS) is 23.5. The van der Waals surface area contributed by atoms with Crippen molar-refractivity contribution in [3.63, 3.8) is 0 Å². The molecule has 1 aliphatic carbocycles. The standard InChI is InChI=1S/C18H29NO2/c1-7-18(8-2)14(11-17(18)19-4)13-10-16(21-6)15(20-5)9-12(13)3/h9-10,14,17,19H,7-8,11H2,1-6H3. The Kier molecular flexibility index (Phi) is 4.82. The number of hydrogen-bond acceptors (Lipinski definition) is 3. The number of rotatable bonds is 6. The fraction of sp³-hybridized carbons (Fsp3) is 0.667. The molecule has 1 aliphatic rings. The van der Waals surface area contributed by atoms with Crippen LogP contribution in [0.25, 0.3) is 0 Å². The van der Waals surface area contributed by atoms with Crippen molar-refractivity contribution in [2.45, 2.75) is 52.0 Å². The van der Waals surface area contributed by atoms with Gasteiger partial charge in [0.2, 0.25) is 0 Å². The summed E-state index contributed by atoms with van der Waals surface area (Å²) in [5.41, 5.74) is 3.08. The second-order valence-electron chi connectivity index (χ2n) is 6.13. The summed E-state index contributed by atoms with van der Waals surface area (Å²) in [6.45, 7) is 6.81. The maximum absolute atomic E-state index is 5.50. The molecule has 0 heterocycles. The third-order valence-corrected chi connectivity index (χ3v) is 5.67. The Morgan fingerprint density at radius 2 is 1.71 bits per heavy atom. The molecule has 2 atom stereocenters. The minimum absolute atomic E-state index is 0.360. The third-order valence-electron chi connectivity index (χ3n) is 5.67. The number of ether oxygens (including phenoxy) is 2. The van der Waals surface area contributed by atoms with Crippen molar-refractivity contribution in [1.82, 2.24) is 5.32 Å². The molecule has 2 rings (SSSR count). The molecule has 118 valence electrons. The summed E-state index contributed by atoms with van der Waals surface area (Å²) in [5, 5.41) is 3.51. The highest BCUT2D eigenvalue weighted by atomic mass is 16.5. The van der Waals surface area contributed by atoms with Crippen LogP contribution in [0.1, 0.15) is 50.2 Å². The van der Waals surface area contributed by atoms with Gasteiger partial charge in [-0.2, -0.15) is 0 Å². The van der Waals surface area contributed by atoms with Gasteiger partial charge >= 0.3 is 0 Å². The first kappa shape index (κ1) is 16.2. The van der Waals surface area contributed by atoms with Gasteiger partial charge < -0.3 is 14.8 Å². The summed E-state index contributed by atoms with van der Waals surface area (Å²) in [5.74, 6) is 2.26. The van der Waals surface area contributed by atoms with E-state index >= 15 is 0 Å². The molecule has 21 heavy (non-hydrogen) atoms. The van der Waals surface area contributed by atoms with E-state index in [9.17, 15) is 0 Å². The van der Waals surface area contributed by atoms with Crippen molar-refractivity contribution in [2.75, 3.05) is 21.3 Å². The Balaban J connectivity index is 2.42. The van der Waals surface area contributed by atoms with Gasteiger partial charge in [-0.05, 0) is 67.8 Å². The number of methoxy groups -OCH3 is 2. The van der Waals surface area contributed by atoms with Crippen LogP contribution in [0.5, 0.6) is 11.5 Å². The first-order valence-corrected chi connectivity index (χ1v) is 7.97. The molecule has 0 bridgehead atoms. The van der Waals surface area contributed by atoms with Gasteiger partial charge in [-0.15, -0.1) is 0 Å². The predicted octanol–water partition coefficient (Wildman–Crippen LogP) is 3.89. The van der Waals surface area contributed by atoms with E-state index in [1.165, 1.54) is 30.4 Å². The monoisotopic (exact) mass is 291 g/mol. The Hall–Kier alpha value is -1.22. The minimum Gasteiger partial charge on any atom is -0.493 e. The number of benzene rings is 1. The van der Waals surface area contributed by atoms with Crippen LogP contribution < -0.4 is 14.8 Å². The second kappa shape index (κ2) is 6.27. The lowest BCUT2D eigenvalue weighted by atomic mass is 9.51. The highest BCUT2D eigenvalue weighted by Gasteiger charge is 2.52. The largest absolute Gasteiger partial charge is 0.493 e. The lowest BCUT2D eigenvalue weighted by Crippen LogP contribution is -2.57. The van der Waals surface area contributed by atoms with Crippen LogP contribution in [0, 0.1) is 12.3 Å². The van der Waals surface area contributed by atoms with Gasteiger partial charge in [0.25, 0.3) is 0 Å². The molecule has 0 radical (unpaired) electrons. The van der Waals surface area contributed by atoms with Crippen LogP contribution in [-0.4, -0.2) is 27.3 Å². The molecule has 3 heteroatoms. The van der Waals surface area contributed by atoms with Gasteiger partial charge in [-0.25, -0.2) is 0 Å². The van der Waals surface area contributed by atoms with E-state index in [1.54, 1.807) is 14.2 Å². The van der Waals surface area contributed by atoms with E-state index in [2.05, 4.69) is 45.3 Å². The number of aryl methyl sites for hydroxylation is 1. The zero-order valence-electron chi connectivity index (χ0n) is 14.2. The summed E-state index contributed by atoms with van der Waals surface area (Å²) < 4.78 is 10.9. The summed E-state index contributed by atoms with van der Waals surface area (Å²) in [6, 6.07) is 4.91. The molecule has 1 N–H and O–H groups in total. The first-order chi connectivity index (χ1) is 10.1. The van der Waals surface area contributed by atoms with Crippen LogP contribution >= 0.6 is 0 Å². The van der Waals surface area contributed by atoms with Crippen molar-refractivity contribution in [2.24, 2.45) is 5.41 Å².